The number of benzene rings is 3. The summed E-state index contributed by atoms with van der Waals surface area (Å²) in [4.78, 5) is 23.8. The molecule has 7 nitrogen and oxygen atoms in total. The van der Waals surface area contributed by atoms with Crippen molar-refractivity contribution in [3.05, 3.63) is 77.9 Å². The van der Waals surface area contributed by atoms with E-state index >= 15 is 0 Å². The molecule has 0 spiro atoms. The molecule has 0 unspecified atom stereocenters. The number of ether oxygens (including phenoxy) is 1. The van der Waals surface area contributed by atoms with Crippen LogP contribution in [0.2, 0.25) is 0 Å². The van der Waals surface area contributed by atoms with Crippen molar-refractivity contribution in [2.24, 2.45) is 0 Å². The lowest BCUT2D eigenvalue weighted by Crippen LogP contribution is -2.44. The number of carbonyl (C=O) groups is 2. The first kappa shape index (κ1) is 27.3. The van der Waals surface area contributed by atoms with Crippen molar-refractivity contribution < 1.29 is 31.5 Å². The van der Waals surface area contributed by atoms with Gasteiger partial charge in [-0.3, -0.25) is 13.9 Å². The van der Waals surface area contributed by atoms with E-state index in [-0.39, 0.29) is 58.5 Å². The summed E-state index contributed by atoms with van der Waals surface area (Å²) in [6.45, 7) is 4.59. The predicted octanol–water partition coefficient (Wildman–Crippen LogP) is 4.77. The lowest BCUT2D eigenvalue weighted by atomic mass is 10.0. The molecule has 1 N–H and O–H groups in total. The second-order valence-corrected chi connectivity index (χ2v) is 11.2. The average Bonchev–Trinajstić information content (AvgIpc) is 2.87. The maximum Gasteiger partial charge on any atom is 0.264 e. The number of anilines is 1. The molecule has 10 heteroatoms. The Morgan fingerprint density at radius 2 is 1.87 bits per heavy atom. The van der Waals surface area contributed by atoms with Crippen molar-refractivity contribution in [1.29, 1.82) is 0 Å². The van der Waals surface area contributed by atoms with E-state index in [1.807, 2.05) is 0 Å². The number of ketones is 1. The highest BCUT2D eigenvalue weighted by atomic mass is 32.2. The molecule has 2 atom stereocenters. The Balaban J connectivity index is 1.71. The molecule has 0 saturated carbocycles. The SMILES string of the molecule is CC(=O)N[C@H](C)C(=O)CC[C@H]1CN(S(=O)(=O)c2cccc(C)c2)c2cc(-c3cc(F)ccc3F)ccc2O1. The minimum absolute atomic E-state index is 0.0135. The van der Waals surface area contributed by atoms with E-state index < -0.39 is 33.8 Å². The first-order valence-electron chi connectivity index (χ1n) is 12.1. The van der Waals surface area contributed by atoms with Crippen LogP contribution in [0.4, 0.5) is 14.5 Å². The van der Waals surface area contributed by atoms with Gasteiger partial charge in [0.15, 0.2) is 5.78 Å². The fourth-order valence-corrected chi connectivity index (χ4v) is 5.99. The van der Waals surface area contributed by atoms with Crippen molar-refractivity contribution in [3.8, 4) is 16.9 Å². The topological polar surface area (TPSA) is 92.8 Å². The van der Waals surface area contributed by atoms with Crippen LogP contribution >= 0.6 is 0 Å². The predicted molar refractivity (Wildman–Crippen MR) is 139 cm³/mol. The largest absolute Gasteiger partial charge is 0.486 e. The number of hydrogen-bond acceptors (Lipinski definition) is 5. The Labute approximate surface area is 220 Å². The Kier molecular flexibility index (Phi) is 7.82. The number of fused-ring (bicyclic) bond motifs is 1. The minimum atomic E-state index is -4.08. The Morgan fingerprint density at radius 1 is 1.11 bits per heavy atom. The van der Waals surface area contributed by atoms with Crippen molar-refractivity contribution >= 4 is 27.4 Å². The molecule has 0 aliphatic carbocycles. The number of halogens is 2. The summed E-state index contributed by atoms with van der Waals surface area (Å²) < 4.78 is 63.3. The van der Waals surface area contributed by atoms with Gasteiger partial charge >= 0.3 is 0 Å². The molecule has 3 aromatic rings. The Hall–Kier alpha value is -3.79. The second-order valence-electron chi connectivity index (χ2n) is 9.33. The van der Waals surface area contributed by atoms with E-state index in [0.717, 1.165) is 23.8 Å². The van der Waals surface area contributed by atoms with Gasteiger partial charge in [0, 0.05) is 18.9 Å². The normalized spacial score (nSPS) is 15.8. The van der Waals surface area contributed by atoms with Gasteiger partial charge in [0.2, 0.25) is 5.91 Å². The van der Waals surface area contributed by atoms with Gasteiger partial charge in [0.25, 0.3) is 10.0 Å². The molecule has 38 heavy (non-hydrogen) atoms. The smallest absolute Gasteiger partial charge is 0.264 e. The molecular weight excluding hydrogens is 514 g/mol. The van der Waals surface area contributed by atoms with Gasteiger partial charge in [0.1, 0.15) is 23.5 Å². The van der Waals surface area contributed by atoms with Gasteiger partial charge in [-0.2, -0.15) is 0 Å². The van der Waals surface area contributed by atoms with Crippen LogP contribution in [-0.2, 0) is 19.6 Å². The number of hydrogen-bond donors (Lipinski definition) is 1. The van der Waals surface area contributed by atoms with Crippen LogP contribution in [0.15, 0.2) is 65.6 Å². The molecule has 0 saturated heterocycles. The first-order chi connectivity index (χ1) is 18.0. The van der Waals surface area contributed by atoms with Crippen LogP contribution in [0.5, 0.6) is 5.75 Å². The van der Waals surface area contributed by atoms with E-state index in [1.165, 1.54) is 35.5 Å². The number of carbonyl (C=O) groups excluding carboxylic acids is 2. The third-order valence-corrected chi connectivity index (χ3v) is 8.10. The van der Waals surface area contributed by atoms with Crippen LogP contribution in [-0.4, -0.2) is 38.8 Å². The van der Waals surface area contributed by atoms with E-state index in [9.17, 15) is 26.8 Å². The van der Waals surface area contributed by atoms with E-state index in [1.54, 1.807) is 32.0 Å². The summed E-state index contributed by atoms with van der Waals surface area (Å²) in [6, 6.07) is 13.3. The maximum absolute atomic E-state index is 14.5. The van der Waals surface area contributed by atoms with Gasteiger partial charge < -0.3 is 10.1 Å². The zero-order valence-electron chi connectivity index (χ0n) is 21.2. The van der Waals surface area contributed by atoms with Gasteiger partial charge in [-0.1, -0.05) is 18.2 Å². The molecule has 1 aliphatic heterocycles. The lowest BCUT2D eigenvalue weighted by Gasteiger charge is -2.36. The fraction of sp³-hybridized carbons (Fsp3) is 0.286. The average molecular weight is 543 g/mol. The molecule has 1 amide bonds. The van der Waals surface area contributed by atoms with Crippen LogP contribution in [0, 0.1) is 18.6 Å². The van der Waals surface area contributed by atoms with E-state index in [2.05, 4.69) is 5.32 Å². The van der Waals surface area contributed by atoms with Crippen molar-refractivity contribution in [3.63, 3.8) is 0 Å². The lowest BCUT2D eigenvalue weighted by molar-refractivity contribution is -0.126. The maximum atomic E-state index is 14.5. The van der Waals surface area contributed by atoms with Gasteiger partial charge in [0.05, 0.1) is 23.2 Å². The second kappa shape index (κ2) is 10.9. The van der Waals surface area contributed by atoms with Crippen LogP contribution < -0.4 is 14.4 Å². The van der Waals surface area contributed by atoms with Crippen molar-refractivity contribution in [2.45, 2.75) is 50.7 Å². The van der Waals surface area contributed by atoms with Crippen LogP contribution in [0.25, 0.3) is 11.1 Å². The molecule has 0 fully saturated rings. The third kappa shape index (κ3) is 5.85. The summed E-state index contributed by atoms with van der Waals surface area (Å²) in [5, 5.41) is 2.54. The van der Waals surface area contributed by atoms with Gasteiger partial charge in [-0.05, 0) is 73.9 Å². The van der Waals surface area contributed by atoms with E-state index in [4.69, 9.17) is 4.74 Å². The van der Waals surface area contributed by atoms with Crippen LogP contribution in [0.1, 0.15) is 32.3 Å². The zero-order chi connectivity index (χ0) is 27.6. The Bertz CT molecular complexity index is 1490. The quantitative estimate of drug-likeness (QED) is 0.443. The highest BCUT2D eigenvalue weighted by Crippen LogP contribution is 2.41. The fourth-order valence-electron chi connectivity index (χ4n) is 4.38. The first-order valence-corrected chi connectivity index (χ1v) is 13.5. The third-order valence-electron chi connectivity index (χ3n) is 6.32. The highest BCUT2D eigenvalue weighted by molar-refractivity contribution is 7.92. The molecule has 3 aromatic carbocycles. The summed E-state index contributed by atoms with van der Waals surface area (Å²) in [5.74, 6) is -1.58. The number of aryl methyl sites for hydroxylation is 1. The molecule has 1 aliphatic rings. The molecule has 0 bridgehead atoms. The van der Waals surface area contributed by atoms with Crippen LogP contribution in [0.3, 0.4) is 0 Å². The standard InChI is InChI=1S/C28H28F2N2O5S/c1-17-5-4-6-23(13-17)38(35,36)32-16-22(9-11-27(34)18(2)31-19(3)33)37-28-12-7-20(14-26(28)32)24-15-21(29)8-10-25(24)30/h4-8,10,12-15,18,22H,9,11,16H2,1-3H3,(H,31,33)/t18-,22+/m1/s1. The summed E-state index contributed by atoms with van der Waals surface area (Å²) >= 11 is 0. The monoisotopic (exact) mass is 542 g/mol. The minimum Gasteiger partial charge on any atom is -0.486 e. The number of Topliss-reactive ketones (excluding diaryl/α,β-unsaturated/α-hetero) is 1. The zero-order valence-corrected chi connectivity index (χ0v) is 22.0. The number of rotatable bonds is 8. The Morgan fingerprint density at radius 3 is 2.58 bits per heavy atom. The molecule has 200 valence electrons. The highest BCUT2D eigenvalue weighted by Gasteiger charge is 2.35. The number of nitrogens with one attached hydrogen (secondary N) is 1. The van der Waals surface area contributed by atoms with Crippen molar-refractivity contribution in [1.82, 2.24) is 5.32 Å². The number of nitrogens with zero attached hydrogens (tertiary/aromatic N) is 1. The number of sulfonamides is 1. The molecule has 1 heterocycles. The molecule has 4 rings (SSSR count). The van der Waals surface area contributed by atoms with Gasteiger partial charge in [-0.15, -0.1) is 0 Å². The van der Waals surface area contributed by atoms with E-state index in [0.29, 0.717) is 0 Å². The number of amides is 1. The van der Waals surface area contributed by atoms with Gasteiger partial charge in [-0.25, -0.2) is 17.2 Å². The molecule has 0 aromatic heterocycles. The summed E-state index contributed by atoms with van der Waals surface area (Å²) in [5.41, 5.74) is 1.21. The summed E-state index contributed by atoms with van der Waals surface area (Å²) in [6.07, 6.45) is -0.387. The molecule has 0 radical (unpaired) electrons. The summed E-state index contributed by atoms with van der Waals surface area (Å²) in [7, 11) is -4.08. The van der Waals surface area contributed by atoms with Crippen molar-refractivity contribution in [2.75, 3.05) is 10.8 Å². The molecular formula is C28H28F2N2O5S.